The number of hydrogen-bond acceptors (Lipinski definition) is 2. The summed E-state index contributed by atoms with van der Waals surface area (Å²) in [6.45, 7) is 9.89. The number of hydrogen-bond donors (Lipinski definition) is 1. The molecule has 0 aliphatic heterocycles. The van der Waals surface area contributed by atoms with Crippen LogP contribution in [0.3, 0.4) is 0 Å². The summed E-state index contributed by atoms with van der Waals surface area (Å²) in [4.78, 5) is 0. The largest absolute Gasteiger partial charge is 0.496 e. The highest BCUT2D eigenvalue weighted by Crippen LogP contribution is 2.22. The highest BCUT2D eigenvalue weighted by Gasteiger charge is 2.10. The molecule has 0 saturated heterocycles. The van der Waals surface area contributed by atoms with Crippen LogP contribution in [0.5, 0.6) is 5.75 Å². The molecule has 2 nitrogen and oxygen atoms in total. The second-order valence-corrected chi connectivity index (χ2v) is 5.89. The quantitative estimate of drug-likeness (QED) is 0.631. The summed E-state index contributed by atoms with van der Waals surface area (Å²) < 4.78 is 5.38. The smallest absolute Gasteiger partial charge is 0.126 e. The fraction of sp³-hybridized carbons (Fsp3) is 0.600. The molecule has 0 aliphatic rings. The van der Waals surface area contributed by atoms with E-state index in [1.54, 1.807) is 7.11 Å². The van der Waals surface area contributed by atoms with E-state index in [1.807, 2.05) is 33.8 Å². The number of rotatable bonds is 8. The molecule has 0 unspecified atom stereocenters. The molecular formula is C20H34O2. The molecule has 126 valence electrons. The number of ether oxygens (including phenoxy) is 1. The van der Waals surface area contributed by atoms with E-state index in [-0.39, 0.29) is 0 Å². The molecule has 2 heteroatoms. The molecule has 0 heterocycles. The maximum Gasteiger partial charge on any atom is 0.126 e. The second-order valence-electron chi connectivity index (χ2n) is 5.89. The predicted octanol–water partition coefficient (Wildman–Crippen LogP) is 5.63. The summed E-state index contributed by atoms with van der Waals surface area (Å²) in [5.41, 5.74) is 1.93. The summed E-state index contributed by atoms with van der Waals surface area (Å²) in [5, 5.41) is 9.64. The van der Waals surface area contributed by atoms with Crippen molar-refractivity contribution in [2.45, 2.75) is 72.3 Å². The Labute approximate surface area is 137 Å². The third-order valence-corrected chi connectivity index (χ3v) is 3.41. The Morgan fingerprint density at radius 3 is 2.41 bits per heavy atom. The number of benzene rings is 1. The Hall–Kier alpha value is -1.28. The maximum absolute atomic E-state index is 9.64. The molecule has 0 radical (unpaired) electrons. The van der Waals surface area contributed by atoms with Gasteiger partial charge in [-0.25, -0.2) is 0 Å². The van der Waals surface area contributed by atoms with Crippen molar-refractivity contribution in [2.24, 2.45) is 0 Å². The summed E-state index contributed by atoms with van der Waals surface area (Å²) in [5.74, 6) is 0.926. The van der Waals surface area contributed by atoms with Crippen molar-refractivity contribution in [3.05, 3.63) is 35.4 Å². The first kappa shape index (κ1) is 20.7. The molecule has 22 heavy (non-hydrogen) atoms. The zero-order chi connectivity index (χ0) is 17.0. The van der Waals surface area contributed by atoms with E-state index >= 15 is 0 Å². The molecule has 0 saturated carbocycles. The van der Waals surface area contributed by atoms with Gasteiger partial charge < -0.3 is 9.84 Å². The van der Waals surface area contributed by atoms with Crippen LogP contribution >= 0.6 is 0 Å². The van der Waals surface area contributed by atoms with Crippen molar-refractivity contribution < 1.29 is 9.84 Å². The fourth-order valence-electron chi connectivity index (χ4n) is 2.16. The number of unbranched alkanes of at least 4 members (excludes halogenated alkanes) is 2. The highest BCUT2D eigenvalue weighted by atomic mass is 16.5. The van der Waals surface area contributed by atoms with Crippen LogP contribution in [0, 0.1) is 0 Å². The lowest BCUT2D eigenvalue weighted by Crippen LogP contribution is -2.17. The Bertz CT molecular complexity index is 428. The summed E-state index contributed by atoms with van der Waals surface area (Å²) >= 11 is 0. The number of aliphatic hydroxyl groups is 1. The predicted molar refractivity (Wildman–Crippen MR) is 97.5 cm³/mol. The van der Waals surface area contributed by atoms with E-state index in [0.717, 1.165) is 43.4 Å². The minimum Gasteiger partial charge on any atom is -0.496 e. The monoisotopic (exact) mass is 306 g/mol. The minimum atomic E-state index is -0.539. The topological polar surface area (TPSA) is 29.5 Å². The van der Waals surface area contributed by atoms with Gasteiger partial charge in [0.2, 0.25) is 0 Å². The Balaban J connectivity index is 0.00000211. The van der Waals surface area contributed by atoms with Crippen LogP contribution in [0.2, 0.25) is 0 Å². The lowest BCUT2D eigenvalue weighted by atomic mass is 10.0. The van der Waals surface area contributed by atoms with E-state index in [1.165, 1.54) is 5.56 Å². The van der Waals surface area contributed by atoms with Crippen LogP contribution < -0.4 is 4.74 Å². The number of methoxy groups -OCH3 is 1. The van der Waals surface area contributed by atoms with Gasteiger partial charge in [-0.15, -0.1) is 0 Å². The van der Waals surface area contributed by atoms with Crippen LogP contribution in [-0.2, 0) is 6.42 Å². The zero-order valence-electron chi connectivity index (χ0n) is 15.3. The Morgan fingerprint density at radius 1 is 1.18 bits per heavy atom. The van der Waals surface area contributed by atoms with Gasteiger partial charge in [0.15, 0.2) is 0 Å². The molecule has 0 aromatic heterocycles. The first-order valence-corrected chi connectivity index (χ1v) is 8.52. The lowest BCUT2D eigenvalue weighted by Gasteiger charge is -2.15. The van der Waals surface area contributed by atoms with Crippen molar-refractivity contribution in [1.82, 2.24) is 0 Å². The van der Waals surface area contributed by atoms with Gasteiger partial charge >= 0.3 is 0 Å². The molecule has 0 amide bonds. The van der Waals surface area contributed by atoms with Crippen LogP contribution in [0.4, 0.5) is 0 Å². The van der Waals surface area contributed by atoms with Crippen molar-refractivity contribution in [3.63, 3.8) is 0 Å². The van der Waals surface area contributed by atoms with Gasteiger partial charge in [0.1, 0.15) is 5.75 Å². The van der Waals surface area contributed by atoms with E-state index in [2.05, 4.69) is 31.2 Å². The molecule has 1 N–H and O–H groups in total. The first-order valence-electron chi connectivity index (χ1n) is 8.52. The van der Waals surface area contributed by atoms with Crippen molar-refractivity contribution in [2.75, 3.05) is 7.11 Å². The minimum absolute atomic E-state index is 0.539. The Morgan fingerprint density at radius 2 is 1.86 bits per heavy atom. The van der Waals surface area contributed by atoms with E-state index in [9.17, 15) is 5.11 Å². The summed E-state index contributed by atoms with van der Waals surface area (Å²) in [6, 6.07) is 6.33. The third kappa shape index (κ3) is 8.89. The Kier molecular flexibility index (Phi) is 10.7. The van der Waals surface area contributed by atoms with Gasteiger partial charge in [0, 0.05) is 5.56 Å². The molecule has 0 atom stereocenters. The van der Waals surface area contributed by atoms with Gasteiger partial charge in [-0.3, -0.25) is 0 Å². The standard InChI is InChI=1S/C18H28O2.C2H6/c1-5-15-11-12-17(20-4)16(14-15)10-8-6-7-9-13-18(2,3)19;1-2/h8,10-12,14,19H,5-7,9,13H2,1-4H3;1-2H3/b10-8+;. The number of allylic oxidation sites excluding steroid dienone is 1. The van der Waals surface area contributed by atoms with E-state index in [4.69, 9.17) is 4.74 Å². The van der Waals surface area contributed by atoms with Gasteiger partial charge in [0.25, 0.3) is 0 Å². The molecule has 0 fully saturated rings. The fourth-order valence-corrected chi connectivity index (χ4v) is 2.16. The van der Waals surface area contributed by atoms with E-state index < -0.39 is 5.60 Å². The molecule has 0 spiro atoms. The van der Waals surface area contributed by atoms with Gasteiger partial charge in [0.05, 0.1) is 12.7 Å². The van der Waals surface area contributed by atoms with Gasteiger partial charge in [-0.1, -0.05) is 45.4 Å². The van der Waals surface area contributed by atoms with Crippen molar-refractivity contribution in [3.8, 4) is 5.75 Å². The van der Waals surface area contributed by atoms with Crippen LogP contribution in [0.25, 0.3) is 6.08 Å². The van der Waals surface area contributed by atoms with Gasteiger partial charge in [-0.2, -0.15) is 0 Å². The molecule has 1 rings (SSSR count). The average molecular weight is 306 g/mol. The van der Waals surface area contributed by atoms with Crippen molar-refractivity contribution in [1.29, 1.82) is 0 Å². The average Bonchev–Trinajstić information content (AvgIpc) is 2.51. The molecule has 0 aliphatic carbocycles. The molecule has 0 bridgehead atoms. The lowest BCUT2D eigenvalue weighted by molar-refractivity contribution is 0.0683. The second kappa shape index (κ2) is 11.3. The highest BCUT2D eigenvalue weighted by molar-refractivity contribution is 5.58. The zero-order valence-corrected chi connectivity index (χ0v) is 15.3. The normalized spacial score (nSPS) is 11.2. The SMILES string of the molecule is CC.CCc1ccc(OC)c(/C=C/CCCCC(C)(C)O)c1. The first-order chi connectivity index (χ1) is 10.5. The third-order valence-electron chi connectivity index (χ3n) is 3.41. The maximum atomic E-state index is 9.64. The molecule has 1 aromatic rings. The van der Waals surface area contributed by atoms with E-state index in [0.29, 0.717) is 0 Å². The van der Waals surface area contributed by atoms with Crippen LogP contribution in [-0.4, -0.2) is 17.8 Å². The molecule has 1 aromatic carbocycles. The summed E-state index contributed by atoms with van der Waals surface area (Å²) in [7, 11) is 1.71. The molecular weight excluding hydrogens is 272 g/mol. The summed E-state index contributed by atoms with van der Waals surface area (Å²) in [6.07, 6.45) is 9.43. The van der Waals surface area contributed by atoms with Gasteiger partial charge in [-0.05, 0) is 57.2 Å². The van der Waals surface area contributed by atoms with Crippen LogP contribution in [0.1, 0.15) is 71.4 Å². The van der Waals surface area contributed by atoms with Crippen molar-refractivity contribution >= 4 is 6.08 Å². The van der Waals surface area contributed by atoms with Crippen LogP contribution in [0.15, 0.2) is 24.3 Å². The number of aryl methyl sites for hydroxylation is 1.